The van der Waals surface area contributed by atoms with Gasteiger partial charge in [0.05, 0.1) is 16.4 Å². The van der Waals surface area contributed by atoms with Crippen LogP contribution in [0.2, 0.25) is 0 Å². The van der Waals surface area contributed by atoms with Gasteiger partial charge in [0.25, 0.3) is 5.91 Å². The lowest BCUT2D eigenvalue weighted by Crippen LogP contribution is -2.50. The van der Waals surface area contributed by atoms with Crippen LogP contribution in [0, 0.1) is 12.8 Å². The number of hydrogen-bond acceptors (Lipinski definition) is 6. The standard InChI is InChI=1S/C20H24N4O4S2/c1-14-7-9-16(10-8-14)30(27,28)24-12-4-5-15(13-24)18(25)22-23-19(26)17-6-3-11-21-20(17)29-2/h3,6-11,15H,4-5,12-13H2,1-2H3,(H,22,25)(H,23,26)/t15-/m0/s1. The number of pyridine rings is 1. The monoisotopic (exact) mass is 448 g/mol. The average Bonchev–Trinajstić information content (AvgIpc) is 2.77. The van der Waals surface area contributed by atoms with E-state index in [1.807, 2.05) is 13.2 Å². The summed E-state index contributed by atoms with van der Waals surface area (Å²) in [5, 5.41) is 0.553. The number of aryl methyl sites for hydroxylation is 1. The van der Waals surface area contributed by atoms with E-state index in [9.17, 15) is 18.0 Å². The summed E-state index contributed by atoms with van der Waals surface area (Å²) in [5.41, 5.74) is 6.16. The van der Waals surface area contributed by atoms with E-state index in [1.54, 1.807) is 42.6 Å². The lowest BCUT2D eigenvalue weighted by Gasteiger charge is -2.31. The molecule has 1 aromatic heterocycles. The van der Waals surface area contributed by atoms with Crippen LogP contribution >= 0.6 is 11.8 Å². The fourth-order valence-corrected chi connectivity index (χ4v) is 5.32. The van der Waals surface area contributed by atoms with E-state index in [0.29, 0.717) is 30.0 Å². The van der Waals surface area contributed by atoms with Gasteiger partial charge in [0.15, 0.2) is 0 Å². The van der Waals surface area contributed by atoms with Crippen LogP contribution < -0.4 is 10.9 Å². The van der Waals surface area contributed by atoms with Crippen LogP contribution in [0.4, 0.5) is 0 Å². The number of thioether (sulfide) groups is 1. The maximum absolute atomic E-state index is 12.9. The van der Waals surface area contributed by atoms with E-state index in [2.05, 4.69) is 15.8 Å². The fraction of sp³-hybridized carbons (Fsp3) is 0.350. The van der Waals surface area contributed by atoms with Crippen molar-refractivity contribution in [2.24, 2.45) is 5.92 Å². The molecule has 1 aliphatic heterocycles. The lowest BCUT2D eigenvalue weighted by molar-refractivity contribution is -0.126. The van der Waals surface area contributed by atoms with E-state index in [4.69, 9.17) is 0 Å². The summed E-state index contributed by atoms with van der Waals surface area (Å²) in [7, 11) is -3.67. The summed E-state index contributed by atoms with van der Waals surface area (Å²) >= 11 is 1.33. The van der Waals surface area contributed by atoms with Crippen molar-refractivity contribution in [3.8, 4) is 0 Å². The largest absolute Gasteiger partial charge is 0.273 e. The zero-order chi connectivity index (χ0) is 21.7. The summed E-state index contributed by atoms with van der Waals surface area (Å²) in [5.74, 6) is -1.43. The SMILES string of the molecule is CSc1ncccc1C(=O)NNC(=O)[C@H]1CCCN(S(=O)(=O)c2ccc(C)cc2)C1. The first-order valence-electron chi connectivity index (χ1n) is 9.49. The minimum Gasteiger partial charge on any atom is -0.273 e. The number of sulfonamides is 1. The molecule has 160 valence electrons. The average molecular weight is 449 g/mol. The Balaban J connectivity index is 1.63. The molecule has 1 aromatic carbocycles. The quantitative estimate of drug-likeness (QED) is 0.535. The Kier molecular flexibility index (Phi) is 7.11. The van der Waals surface area contributed by atoms with Crippen molar-refractivity contribution in [3.05, 3.63) is 53.7 Å². The topological polar surface area (TPSA) is 108 Å². The molecule has 2 aromatic rings. The van der Waals surface area contributed by atoms with Crippen LogP contribution in [-0.2, 0) is 14.8 Å². The highest BCUT2D eigenvalue weighted by atomic mass is 32.2. The molecule has 0 spiro atoms. The Morgan fingerprint density at radius 2 is 1.90 bits per heavy atom. The maximum Gasteiger partial charge on any atom is 0.272 e. The molecule has 2 amide bonds. The van der Waals surface area contributed by atoms with Gasteiger partial charge in [-0.05, 0) is 50.3 Å². The number of piperidine rings is 1. The molecule has 1 aliphatic rings. The van der Waals surface area contributed by atoms with Crippen LogP contribution in [0.5, 0.6) is 0 Å². The lowest BCUT2D eigenvalue weighted by atomic mass is 9.99. The molecule has 1 saturated heterocycles. The Hall–Kier alpha value is -2.43. The van der Waals surface area contributed by atoms with E-state index in [0.717, 1.165) is 5.56 Å². The molecule has 0 bridgehead atoms. The molecule has 0 unspecified atom stereocenters. The number of rotatable bonds is 5. The third kappa shape index (κ3) is 5.00. The zero-order valence-corrected chi connectivity index (χ0v) is 18.4. The van der Waals surface area contributed by atoms with E-state index in [-0.39, 0.29) is 11.4 Å². The number of nitrogens with zero attached hydrogens (tertiary/aromatic N) is 2. The molecule has 10 heteroatoms. The number of aromatic nitrogens is 1. The fourth-order valence-electron chi connectivity index (χ4n) is 3.25. The molecule has 8 nitrogen and oxygen atoms in total. The second-order valence-electron chi connectivity index (χ2n) is 7.02. The number of amides is 2. The number of carbonyl (C=O) groups is 2. The predicted octanol–water partition coefficient (Wildman–Crippen LogP) is 1.97. The van der Waals surface area contributed by atoms with Gasteiger partial charge in [0, 0.05) is 19.3 Å². The summed E-state index contributed by atoms with van der Waals surface area (Å²) in [6.45, 7) is 2.32. The van der Waals surface area contributed by atoms with Crippen LogP contribution in [0.3, 0.4) is 0 Å². The molecule has 30 heavy (non-hydrogen) atoms. The van der Waals surface area contributed by atoms with Crippen molar-refractivity contribution in [2.45, 2.75) is 29.7 Å². The number of carbonyl (C=O) groups excluding carboxylic acids is 2. The van der Waals surface area contributed by atoms with Crippen molar-refractivity contribution >= 4 is 33.6 Å². The third-order valence-corrected chi connectivity index (χ3v) is 7.51. The molecule has 1 atom stereocenters. The number of hydrazine groups is 1. The van der Waals surface area contributed by atoms with Gasteiger partial charge in [-0.1, -0.05) is 17.7 Å². The van der Waals surface area contributed by atoms with Gasteiger partial charge < -0.3 is 0 Å². The van der Waals surface area contributed by atoms with Gasteiger partial charge in [-0.3, -0.25) is 20.4 Å². The van der Waals surface area contributed by atoms with Gasteiger partial charge in [-0.15, -0.1) is 11.8 Å². The molecule has 0 aliphatic carbocycles. The minimum atomic E-state index is -3.67. The first kappa shape index (κ1) is 22.3. The summed E-state index contributed by atoms with van der Waals surface area (Å²) in [4.78, 5) is 29.3. The maximum atomic E-state index is 12.9. The van der Waals surface area contributed by atoms with Crippen LogP contribution in [0.1, 0.15) is 28.8 Å². The summed E-state index contributed by atoms with van der Waals surface area (Å²) < 4.78 is 27.1. The van der Waals surface area contributed by atoms with Crippen molar-refractivity contribution in [1.29, 1.82) is 0 Å². The van der Waals surface area contributed by atoms with E-state index >= 15 is 0 Å². The highest BCUT2D eigenvalue weighted by Crippen LogP contribution is 2.24. The molecule has 0 saturated carbocycles. The Labute approximate surface area is 180 Å². The smallest absolute Gasteiger partial charge is 0.272 e. The van der Waals surface area contributed by atoms with Crippen molar-refractivity contribution < 1.29 is 18.0 Å². The van der Waals surface area contributed by atoms with Gasteiger partial charge >= 0.3 is 0 Å². The van der Waals surface area contributed by atoms with Crippen LogP contribution in [0.25, 0.3) is 0 Å². The third-order valence-electron chi connectivity index (χ3n) is 4.92. The Morgan fingerprint density at radius 3 is 2.60 bits per heavy atom. The molecule has 1 fully saturated rings. The van der Waals surface area contributed by atoms with E-state index in [1.165, 1.54) is 16.1 Å². The normalized spacial score (nSPS) is 17.3. The van der Waals surface area contributed by atoms with Crippen LogP contribution in [-0.4, -0.2) is 48.9 Å². The second kappa shape index (κ2) is 9.59. The Bertz CT molecular complexity index is 1030. The van der Waals surface area contributed by atoms with Gasteiger partial charge in [-0.2, -0.15) is 4.31 Å². The minimum absolute atomic E-state index is 0.0703. The van der Waals surface area contributed by atoms with Crippen molar-refractivity contribution in [2.75, 3.05) is 19.3 Å². The zero-order valence-electron chi connectivity index (χ0n) is 16.8. The van der Waals surface area contributed by atoms with Gasteiger partial charge in [-0.25, -0.2) is 13.4 Å². The molecule has 3 rings (SSSR count). The summed E-state index contributed by atoms with van der Waals surface area (Å²) in [6.07, 6.45) is 4.51. The first-order chi connectivity index (χ1) is 14.3. The predicted molar refractivity (Wildman–Crippen MR) is 114 cm³/mol. The highest BCUT2D eigenvalue weighted by Gasteiger charge is 2.33. The molecule has 0 radical (unpaired) electrons. The number of nitrogens with one attached hydrogen (secondary N) is 2. The molecular formula is C20H24N4O4S2. The van der Waals surface area contributed by atoms with Crippen molar-refractivity contribution in [1.82, 2.24) is 20.1 Å². The number of hydrogen-bond donors (Lipinski definition) is 2. The van der Waals surface area contributed by atoms with Crippen LogP contribution in [0.15, 0.2) is 52.5 Å². The van der Waals surface area contributed by atoms with Gasteiger partial charge in [0.1, 0.15) is 5.03 Å². The number of benzene rings is 1. The second-order valence-corrected chi connectivity index (χ2v) is 9.75. The van der Waals surface area contributed by atoms with Crippen molar-refractivity contribution in [3.63, 3.8) is 0 Å². The first-order valence-corrected chi connectivity index (χ1v) is 12.2. The van der Waals surface area contributed by atoms with E-state index < -0.39 is 27.8 Å². The molecule has 2 N–H and O–H groups in total. The summed E-state index contributed by atoms with van der Waals surface area (Å²) in [6, 6.07) is 9.91. The Morgan fingerprint density at radius 1 is 1.17 bits per heavy atom. The molecular weight excluding hydrogens is 424 g/mol. The van der Waals surface area contributed by atoms with Gasteiger partial charge in [0.2, 0.25) is 15.9 Å². The molecule has 2 heterocycles. The highest BCUT2D eigenvalue weighted by molar-refractivity contribution is 7.98.